The van der Waals surface area contributed by atoms with Gasteiger partial charge in [0.1, 0.15) is 18.7 Å². The first kappa shape index (κ1) is 27.6. The first-order valence-electron chi connectivity index (χ1n) is 11.8. The van der Waals surface area contributed by atoms with Crippen LogP contribution >= 0.6 is 0 Å². The molecule has 8 nitrogen and oxygen atoms in total. The molecule has 0 radical (unpaired) electrons. The van der Waals surface area contributed by atoms with E-state index in [4.69, 9.17) is 9.47 Å². The van der Waals surface area contributed by atoms with Gasteiger partial charge < -0.3 is 20.1 Å². The monoisotopic (exact) mass is 522 g/mol. The number of nitrogens with one attached hydrogen (secondary N) is 2. The highest BCUT2D eigenvalue weighted by molar-refractivity contribution is 7.85. The number of alkyl carbamates (subject to hydrolysis) is 1. The fraction of sp³-hybridized carbons (Fsp3) is 0.250. The number of carbonyl (C=O) groups excluding carboxylic acids is 3. The van der Waals surface area contributed by atoms with Gasteiger partial charge in [-0.2, -0.15) is 0 Å². The minimum atomic E-state index is -1.36. The summed E-state index contributed by atoms with van der Waals surface area (Å²) in [5.74, 6) is -1.11. The van der Waals surface area contributed by atoms with Crippen LogP contribution < -0.4 is 10.6 Å². The number of rotatable bonds is 12. The first-order valence-corrected chi connectivity index (χ1v) is 13.1. The van der Waals surface area contributed by atoms with E-state index in [-0.39, 0.29) is 25.2 Å². The highest BCUT2D eigenvalue weighted by atomic mass is 32.2. The quantitative estimate of drug-likeness (QED) is 0.353. The SMILES string of the molecule is COC(=O)[C@@H](CC[S@](=O)c1ccccc1)NC(=O)[C@H](Cc1ccccc1)NC(=O)OCc1ccccc1. The molecule has 0 fully saturated rings. The van der Waals surface area contributed by atoms with E-state index < -0.39 is 40.9 Å². The van der Waals surface area contributed by atoms with Crippen molar-refractivity contribution in [2.75, 3.05) is 12.9 Å². The van der Waals surface area contributed by atoms with Crippen LogP contribution in [-0.2, 0) is 42.9 Å². The fourth-order valence-electron chi connectivity index (χ4n) is 3.54. The lowest BCUT2D eigenvalue weighted by molar-refractivity contribution is -0.145. The van der Waals surface area contributed by atoms with Crippen LogP contribution in [0.4, 0.5) is 4.79 Å². The predicted molar refractivity (Wildman–Crippen MR) is 140 cm³/mol. The maximum absolute atomic E-state index is 13.2. The molecule has 3 atom stereocenters. The molecule has 0 saturated heterocycles. The zero-order valence-corrected chi connectivity index (χ0v) is 21.3. The molecule has 9 heteroatoms. The maximum Gasteiger partial charge on any atom is 0.408 e. The van der Waals surface area contributed by atoms with Crippen LogP contribution in [0.5, 0.6) is 0 Å². The third-order valence-corrected chi connectivity index (χ3v) is 6.91. The van der Waals surface area contributed by atoms with Crippen molar-refractivity contribution in [1.82, 2.24) is 10.6 Å². The molecule has 0 aromatic heterocycles. The van der Waals surface area contributed by atoms with Crippen molar-refractivity contribution in [2.45, 2.75) is 36.4 Å². The number of amides is 2. The van der Waals surface area contributed by atoms with Gasteiger partial charge in [0.05, 0.1) is 17.9 Å². The first-order chi connectivity index (χ1) is 18.0. The molecule has 0 spiro atoms. The zero-order valence-electron chi connectivity index (χ0n) is 20.5. The Morgan fingerprint density at radius 2 is 1.35 bits per heavy atom. The van der Waals surface area contributed by atoms with Crippen LogP contribution in [0.25, 0.3) is 0 Å². The van der Waals surface area contributed by atoms with E-state index in [2.05, 4.69) is 10.6 Å². The molecule has 0 aliphatic heterocycles. The van der Waals surface area contributed by atoms with E-state index in [0.717, 1.165) is 11.1 Å². The summed E-state index contributed by atoms with van der Waals surface area (Å²) in [6, 6.07) is 25.1. The molecule has 0 saturated carbocycles. The smallest absolute Gasteiger partial charge is 0.408 e. The van der Waals surface area contributed by atoms with Crippen molar-refractivity contribution in [3.63, 3.8) is 0 Å². The van der Waals surface area contributed by atoms with Gasteiger partial charge in [0.2, 0.25) is 5.91 Å². The van der Waals surface area contributed by atoms with Gasteiger partial charge in [-0.25, -0.2) is 9.59 Å². The summed E-state index contributed by atoms with van der Waals surface area (Å²) in [5.41, 5.74) is 1.62. The van der Waals surface area contributed by atoms with Crippen molar-refractivity contribution in [3.05, 3.63) is 102 Å². The molecule has 194 valence electrons. The Morgan fingerprint density at radius 3 is 1.95 bits per heavy atom. The van der Waals surface area contributed by atoms with Gasteiger partial charge in [-0.05, 0) is 29.7 Å². The van der Waals surface area contributed by atoms with Crippen molar-refractivity contribution < 1.29 is 28.1 Å². The van der Waals surface area contributed by atoms with Crippen LogP contribution in [-0.4, -0.2) is 47.1 Å². The van der Waals surface area contributed by atoms with Crippen LogP contribution in [0.2, 0.25) is 0 Å². The molecule has 3 rings (SSSR count). The molecule has 0 aliphatic carbocycles. The van der Waals surface area contributed by atoms with E-state index >= 15 is 0 Å². The van der Waals surface area contributed by atoms with Gasteiger partial charge in [0, 0.05) is 17.1 Å². The van der Waals surface area contributed by atoms with Gasteiger partial charge >= 0.3 is 12.1 Å². The summed E-state index contributed by atoms with van der Waals surface area (Å²) >= 11 is 0. The number of ether oxygens (including phenoxy) is 2. The van der Waals surface area contributed by atoms with Gasteiger partial charge in [-0.1, -0.05) is 78.9 Å². The third kappa shape index (κ3) is 9.20. The van der Waals surface area contributed by atoms with E-state index in [1.54, 1.807) is 24.3 Å². The number of benzene rings is 3. The van der Waals surface area contributed by atoms with Crippen molar-refractivity contribution in [3.8, 4) is 0 Å². The zero-order chi connectivity index (χ0) is 26.5. The Labute approximate surface area is 218 Å². The van der Waals surface area contributed by atoms with Gasteiger partial charge in [-0.15, -0.1) is 0 Å². The Kier molecular flexibility index (Phi) is 10.9. The summed E-state index contributed by atoms with van der Waals surface area (Å²) in [7, 11) is -0.140. The Morgan fingerprint density at radius 1 is 0.784 bits per heavy atom. The molecule has 0 aliphatic rings. The lowest BCUT2D eigenvalue weighted by Crippen LogP contribution is -2.53. The molecule has 0 unspecified atom stereocenters. The molecular weight excluding hydrogens is 492 g/mol. The van der Waals surface area contributed by atoms with Crippen molar-refractivity contribution in [1.29, 1.82) is 0 Å². The highest BCUT2D eigenvalue weighted by Crippen LogP contribution is 2.10. The average molecular weight is 523 g/mol. The third-order valence-electron chi connectivity index (χ3n) is 5.50. The molecule has 0 heterocycles. The van der Waals surface area contributed by atoms with Crippen LogP contribution in [0.15, 0.2) is 95.9 Å². The summed E-state index contributed by atoms with van der Waals surface area (Å²) in [6.07, 6.45) is -0.493. The van der Waals surface area contributed by atoms with Gasteiger partial charge in [0.25, 0.3) is 0 Å². The predicted octanol–water partition coefficient (Wildman–Crippen LogP) is 3.38. The molecular formula is C28H30N2O6S. The molecule has 37 heavy (non-hydrogen) atoms. The summed E-state index contributed by atoms with van der Waals surface area (Å²) in [4.78, 5) is 38.8. The molecule has 0 bridgehead atoms. The Bertz CT molecular complexity index is 1180. The van der Waals surface area contributed by atoms with Crippen LogP contribution in [0.1, 0.15) is 17.5 Å². The molecule has 2 N–H and O–H groups in total. The fourth-order valence-corrected chi connectivity index (χ4v) is 4.69. The van der Waals surface area contributed by atoms with Gasteiger partial charge in [-0.3, -0.25) is 9.00 Å². The molecule has 2 amide bonds. The van der Waals surface area contributed by atoms with Crippen LogP contribution in [0.3, 0.4) is 0 Å². The summed E-state index contributed by atoms with van der Waals surface area (Å²) in [6.45, 7) is 0.0441. The maximum atomic E-state index is 13.2. The van der Waals surface area contributed by atoms with Crippen LogP contribution in [0, 0.1) is 0 Å². The summed E-state index contributed by atoms with van der Waals surface area (Å²) in [5, 5.41) is 5.26. The van der Waals surface area contributed by atoms with E-state index in [0.29, 0.717) is 4.90 Å². The summed E-state index contributed by atoms with van der Waals surface area (Å²) < 4.78 is 22.8. The van der Waals surface area contributed by atoms with E-state index in [1.807, 2.05) is 66.7 Å². The number of hydrogen-bond donors (Lipinski definition) is 2. The van der Waals surface area contributed by atoms with Crippen molar-refractivity contribution >= 4 is 28.8 Å². The number of hydrogen-bond acceptors (Lipinski definition) is 6. The van der Waals surface area contributed by atoms with Crippen molar-refractivity contribution in [2.24, 2.45) is 0 Å². The molecule has 3 aromatic rings. The normalized spacial score (nSPS) is 13.0. The Hall–Kier alpha value is -3.98. The van der Waals surface area contributed by atoms with E-state index in [9.17, 15) is 18.6 Å². The highest BCUT2D eigenvalue weighted by Gasteiger charge is 2.28. The lowest BCUT2D eigenvalue weighted by atomic mass is 10.0. The van der Waals surface area contributed by atoms with Gasteiger partial charge in [0.15, 0.2) is 0 Å². The average Bonchev–Trinajstić information content (AvgIpc) is 2.94. The standard InChI is InChI=1S/C28H30N2O6S/c1-35-27(32)24(17-18-37(34)23-15-9-4-10-16-23)29-26(31)25(19-21-11-5-2-6-12-21)30-28(33)36-20-22-13-7-3-8-14-22/h2-16,24-25H,17-20H2,1H3,(H,29,31)(H,30,33)/t24-,25+,37+/m1/s1. The lowest BCUT2D eigenvalue weighted by Gasteiger charge is -2.22. The number of carbonyl (C=O) groups is 3. The number of esters is 1. The second kappa shape index (κ2) is 14.5. The second-order valence-electron chi connectivity index (χ2n) is 8.18. The topological polar surface area (TPSA) is 111 Å². The minimum absolute atomic E-state index is 0.0441. The van der Waals surface area contributed by atoms with E-state index in [1.165, 1.54) is 7.11 Å². The number of methoxy groups -OCH3 is 1. The minimum Gasteiger partial charge on any atom is -0.467 e. The second-order valence-corrected chi connectivity index (χ2v) is 9.75. The largest absolute Gasteiger partial charge is 0.467 e. The molecule has 3 aromatic carbocycles. The Balaban J connectivity index is 1.67.